The van der Waals surface area contributed by atoms with Gasteiger partial charge < -0.3 is 4.74 Å². The van der Waals surface area contributed by atoms with E-state index >= 15 is 0 Å². The summed E-state index contributed by atoms with van der Waals surface area (Å²) in [5, 5.41) is 0. The van der Waals surface area contributed by atoms with Crippen LogP contribution in [0.5, 0.6) is 5.88 Å². The first-order valence-corrected chi connectivity index (χ1v) is 5.03. The Morgan fingerprint density at radius 1 is 1.36 bits per heavy atom. The Bertz CT molecular complexity index is 259. The van der Waals surface area contributed by atoms with Crippen LogP contribution in [0, 0.1) is 5.41 Å². The van der Waals surface area contributed by atoms with E-state index in [2.05, 4.69) is 30.7 Å². The summed E-state index contributed by atoms with van der Waals surface area (Å²) in [7, 11) is 0. The quantitative estimate of drug-likeness (QED) is 0.722. The van der Waals surface area contributed by atoms with Crippen LogP contribution in [0.25, 0.3) is 0 Å². The van der Waals surface area contributed by atoms with Gasteiger partial charge in [0.15, 0.2) is 0 Å². The van der Waals surface area contributed by atoms with Gasteiger partial charge in [0, 0.05) is 12.4 Å². The lowest BCUT2D eigenvalue weighted by molar-refractivity contribution is 0.217. The molecule has 1 heterocycles. The molecule has 0 spiro atoms. The molecule has 1 aromatic heterocycles. The molecular formula is C11H18N2O. The van der Waals surface area contributed by atoms with E-state index in [0.29, 0.717) is 17.9 Å². The maximum atomic E-state index is 5.47. The third-order valence-electron chi connectivity index (χ3n) is 2.53. The van der Waals surface area contributed by atoms with Crippen molar-refractivity contribution in [1.82, 2.24) is 9.97 Å². The van der Waals surface area contributed by atoms with E-state index < -0.39 is 0 Å². The first-order chi connectivity index (χ1) is 6.64. The van der Waals surface area contributed by atoms with E-state index in [1.54, 1.807) is 18.6 Å². The smallest absolute Gasteiger partial charge is 0.232 e. The van der Waals surface area contributed by atoms with E-state index in [1.165, 1.54) is 0 Å². The predicted molar refractivity (Wildman–Crippen MR) is 56.2 cm³/mol. The van der Waals surface area contributed by atoms with E-state index in [1.807, 2.05) is 0 Å². The van der Waals surface area contributed by atoms with Gasteiger partial charge in [-0.2, -0.15) is 0 Å². The Morgan fingerprint density at radius 3 is 2.71 bits per heavy atom. The Balaban J connectivity index is 2.29. The molecule has 0 radical (unpaired) electrons. The number of ether oxygens (including phenoxy) is 1. The number of hydrogen-bond donors (Lipinski definition) is 0. The minimum atomic E-state index is 0.349. The number of hydrogen-bond acceptors (Lipinski definition) is 3. The van der Waals surface area contributed by atoms with Crippen LogP contribution in [0.1, 0.15) is 33.6 Å². The first-order valence-electron chi connectivity index (χ1n) is 5.03. The number of aromatic nitrogens is 2. The average molecular weight is 194 g/mol. The highest BCUT2D eigenvalue weighted by Gasteiger charge is 2.14. The molecule has 0 atom stereocenters. The highest BCUT2D eigenvalue weighted by atomic mass is 16.5. The molecule has 1 rings (SSSR count). The monoisotopic (exact) mass is 194 g/mol. The number of rotatable bonds is 5. The average Bonchev–Trinajstić information content (AvgIpc) is 2.19. The van der Waals surface area contributed by atoms with Crippen molar-refractivity contribution in [3.05, 3.63) is 18.6 Å². The van der Waals surface area contributed by atoms with Crippen molar-refractivity contribution in [1.29, 1.82) is 0 Å². The summed E-state index contributed by atoms with van der Waals surface area (Å²) in [6.45, 7) is 7.39. The zero-order valence-corrected chi connectivity index (χ0v) is 9.16. The lowest BCUT2D eigenvalue weighted by atomic mass is 9.87. The molecule has 0 bridgehead atoms. The Morgan fingerprint density at radius 2 is 2.14 bits per heavy atom. The molecule has 0 saturated heterocycles. The van der Waals surface area contributed by atoms with Gasteiger partial charge in [-0.05, 0) is 11.8 Å². The summed E-state index contributed by atoms with van der Waals surface area (Å²) in [6.07, 6.45) is 7.12. The molecule has 0 fully saturated rings. The van der Waals surface area contributed by atoms with Crippen molar-refractivity contribution in [3.8, 4) is 5.88 Å². The summed E-state index contributed by atoms with van der Waals surface area (Å²) in [5.74, 6) is 0.611. The van der Waals surface area contributed by atoms with Crippen LogP contribution in [0.3, 0.4) is 0 Å². The van der Waals surface area contributed by atoms with Crippen LogP contribution < -0.4 is 4.74 Å². The van der Waals surface area contributed by atoms with Crippen LogP contribution >= 0.6 is 0 Å². The molecular weight excluding hydrogens is 176 g/mol. The zero-order valence-electron chi connectivity index (χ0n) is 9.16. The molecule has 0 aromatic carbocycles. The maximum absolute atomic E-state index is 5.47. The van der Waals surface area contributed by atoms with Crippen LogP contribution in [-0.4, -0.2) is 16.6 Å². The topological polar surface area (TPSA) is 35.0 Å². The van der Waals surface area contributed by atoms with Crippen LogP contribution in [0.15, 0.2) is 18.6 Å². The van der Waals surface area contributed by atoms with Gasteiger partial charge in [-0.25, -0.2) is 4.98 Å². The molecule has 14 heavy (non-hydrogen) atoms. The molecule has 0 aliphatic rings. The van der Waals surface area contributed by atoms with Gasteiger partial charge in [0.1, 0.15) is 0 Å². The largest absolute Gasteiger partial charge is 0.477 e. The predicted octanol–water partition coefficient (Wildman–Crippen LogP) is 2.68. The summed E-state index contributed by atoms with van der Waals surface area (Å²) < 4.78 is 5.47. The molecule has 0 amide bonds. The second-order valence-corrected chi connectivity index (χ2v) is 4.16. The van der Waals surface area contributed by atoms with E-state index in [-0.39, 0.29) is 0 Å². The molecule has 0 aliphatic carbocycles. The van der Waals surface area contributed by atoms with Crippen molar-refractivity contribution in [2.45, 2.75) is 33.6 Å². The minimum absolute atomic E-state index is 0.349. The number of nitrogens with zero attached hydrogens (tertiary/aromatic N) is 2. The Kier molecular flexibility index (Phi) is 3.86. The maximum Gasteiger partial charge on any atom is 0.232 e. The van der Waals surface area contributed by atoms with Crippen LogP contribution in [-0.2, 0) is 0 Å². The van der Waals surface area contributed by atoms with Gasteiger partial charge in [-0.3, -0.25) is 4.98 Å². The fraction of sp³-hybridized carbons (Fsp3) is 0.636. The molecule has 3 heteroatoms. The summed E-state index contributed by atoms with van der Waals surface area (Å²) in [5.41, 5.74) is 0.349. The third-order valence-corrected chi connectivity index (χ3v) is 2.53. The lowest BCUT2D eigenvalue weighted by Crippen LogP contribution is -2.14. The van der Waals surface area contributed by atoms with E-state index in [9.17, 15) is 0 Å². The summed E-state index contributed by atoms with van der Waals surface area (Å²) in [6, 6.07) is 0. The molecule has 1 aromatic rings. The summed E-state index contributed by atoms with van der Waals surface area (Å²) >= 11 is 0. The van der Waals surface area contributed by atoms with Gasteiger partial charge in [-0.1, -0.05) is 27.2 Å². The molecule has 0 aliphatic heterocycles. The van der Waals surface area contributed by atoms with E-state index in [0.717, 1.165) is 12.8 Å². The van der Waals surface area contributed by atoms with Crippen LogP contribution in [0.2, 0.25) is 0 Å². The normalized spacial score (nSPS) is 11.4. The van der Waals surface area contributed by atoms with Crippen molar-refractivity contribution in [2.24, 2.45) is 5.41 Å². The van der Waals surface area contributed by atoms with Gasteiger partial charge in [0.25, 0.3) is 0 Å². The van der Waals surface area contributed by atoms with Gasteiger partial charge in [0.2, 0.25) is 5.88 Å². The SMILES string of the molecule is CCC(C)(C)CCOc1cnccn1. The second kappa shape index (κ2) is 4.94. The van der Waals surface area contributed by atoms with Crippen molar-refractivity contribution in [3.63, 3.8) is 0 Å². The Labute approximate surface area is 85.5 Å². The van der Waals surface area contributed by atoms with Crippen molar-refractivity contribution in [2.75, 3.05) is 6.61 Å². The second-order valence-electron chi connectivity index (χ2n) is 4.16. The van der Waals surface area contributed by atoms with Crippen molar-refractivity contribution >= 4 is 0 Å². The molecule has 0 unspecified atom stereocenters. The summed E-state index contributed by atoms with van der Waals surface area (Å²) in [4.78, 5) is 7.97. The molecule has 78 valence electrons. The molecule has 0 saturated carbocycles. The van der Waals surface area contributed by atoms with Crippen molar-refractivity contribution < 1.29 is 4.74 Å². The standard InChI is InChI=1S/C11H18N2O/c1-4-11(2,3)5-8-14-10-9-12-6-7-13-10/h6-7,9H,4-5,8H2,1-3H3. The van der Waals surface area contributed by atoms with Crippen LogP contribution in [0.4, 0.5) is 0 Å². The van der Waals surface area contributed by atoms with Gasteiger partial charge >= 0.3 is 0 Å². The first kappa shape index (κ1) is 11.0. The zero-order chi connectivity index (χ0) is 10.4. The van der Waals surface area contributed by atoms with Gasteiger partial charge in [-0.15, -0.1) is 0 Å². The fourth-order valence-corrected chi connectivity index (χ4v) is 0.969. The fourth-order valence-electron chi connectivity index (χ4n) is 0.969. The highest BCUT2D eigenvalue weighted by Crippen LogP contribution is 2.24. The van der Waals surface area contributed by atoms with Gasteiger partial charge in [0.05, 0.1) is 12.8 Å². The highest BCUT2D eigenvalue weighted by molar-refractivity contribution is 5.00. The minimum Gasteiger partial charge on any atom is -0.477 e. The molecule has 0 N–H and O–H groups in total. The third kappa shape index (κ3) is 3.73. The van der Waals surface area contributed by atoms with E-state index in [4.69, 9.17) is 4.74 Å². The lowest BCUT2D eigenvalue weighted by Gasteiger charge is -2.21. The Hall–Kier alpha value is -1.12. The molecule has 3 nitrogen and oxygen atoms in total.